The molecule has 2 fully saturated rings. The standard InChI is InChI=1S/C16H25N5O.ClH/c1-11(2)15-18-12(3)8-14(19-15)20-4-6-21(7-5-20)16(22)13-9-17-10-13;/h8,11,13,17H,4-7,9-10H2,1-3H3;1H. The van der Waals surface area contributed by atoms with E-state index in [0.717, 1.165) is 56.6 Å². The number of anilines is 1. The monoisotopic (exact) mass is 339 g/mol. The summed E-state index contributed by atoms with van der Waals surface area (Å²) in [6.07, 6.45) is 0. The smallest absolute Gasteiger partial charge is 0.228 e. The van der Waals surface area contributed by atoms with Crippen molar-refractivity contribution >= 4 is 24.1 Å². The van der Waals surface area contributed by atoms with E-state index in [1.807, 2.05) is 17.9 Å². The molecule has 6 nitrogen and oxygen atoms in total. The van der Waals surface area contributed by atoms with Crippen LogP contribution in [0, 0.1) is 12.8 Å². The van der Waals surface area contributed by atoms with E-state index < -0.39 is 0 Å². The van der Waals surface area contributed by atoms with E-state index in [0.29, 0.717) is 11.8 Å². The lowest BCUT2D eigenvalue weighted by atomic mass is 10.0. The number of piperazine rings is 1. The van der Waals surface area contributed by atoms with E-state index in [9.17, 15) is 4.79 Å². The molecule has 0 aromatic carbocycles. The van der Waals surface area contributed by atoms with Crippen LogP contribution in [0.1, 0.15) is 31.3 Å². The number of nitrogens with one attached hydrogen (secondary N) is 1. The summed E-state index contributed by atoms with van der Waals surface area (Å²) in [5.41, 5.74) is 1.01. The van der Waals surface area contributed by atoms with Gasteiger partial charge < -0.3 is 15.1 Å². The van der Waals surface area contributed by atoms with Crippen molar-refractivity contribution in [1.29, 1.82) is 0 Å². The van der Waals surface area contributed by atoms with Crippen LogP contribution in [0.25, 0.3) is 0 Å². The van der Waals surface area contributed by atoms with Crippen molar-refractivity contribution in [2.75, 3.05) is 44.2 Å². The molecule has 2 saturated heterocycles. The highest BCUT2D eigenvalue weighted by Crippen LogP contribution is 2.19. The number of carbonyl (C=O) groups excluding carboxylic acids is 1. The number of hydrogen-bond donors (Lipinski definition) is 1. The van der Waals surface area contributed by atoms with Crippen LogP contribution in [-0.2, 0) is 4.79 Å². The Morgan fingerprint density at radius 2 is 1.87 bits per heavy atom. The number of amides is 1. The zero-order valence-electron chi connectivity index (χ0n) is 14.1. The highest BCUT2D eigenvalue weighted by Gasteiger charge is 2.31. The Morgan fingerprint density at radius 3 is 2.39 bits per heavy atom. The SMILES string of the molecule is Cc1cc(N2CCN(C(=O)C3CNC3)CC2)nc(C(C)C)n1.Cl. The fourth-order valence-electron chi connectivity index (χ4n) is 2.87. The first kappa shape index (κ1) is 17.9. The van der Waals surface area contributed by atoms with Gasteiger partial charge >= 0.3 is 0 Å². The molecule has 2 aliphatic heterocycles. The number of hydrogen-bond acceptors (Lipinski definition) is 5. The summed E-state index contributed by atoms with van der Waals surface area (Å²) >= 11 is 0. The second-order valence-corrected chi connectivity index (χ2v) is 6.55. The molecule has 2 aliphatic rings. The van der Waals surface area contributed by atoms with Gasteiger partial charge in [0, 0.05) is 56.9 Å². The van der Waals surface area contributed by atoms with Crippen LogP contribution in [0.15, 0.2) is 6.07 Å². The highest BCUT2D eigenvalue weighted by molar-refractivity contribution is 5.85. The van der Waals surface area contributed by atoms with E-state index in [-0.39, 0.29) is 18.3 Å². The fourth-order valence-corrected chi connectivity index (χ4v) is 2.87. The predicted octanol–water partition coefficient (Wildman–Crippen LogP) is 1.20. The summed E-state index contributed by atoms with van der Waals surface area (Å²) in [6.45, 7) is 11.2. The molecule has 1 N–H and O–H groups in total. The minimum Gasteiger partial charge on any atom is -0.353 e. The summed E-state index contributed by atoms with van der Waals surface area (Å²) in [5, 5.41) is 3.16. The van der Waals surface area contributed by atoms with Gasteiger partial charge in [-0.15, -0.1) is 12.4 Å². The Kier molecular flexibility index (Phi) is 5.81. The van der Waals surface area contributed by atoms with Crippen molar-refractivity contribution in [1.82, 2.24) is 20.2 Å². The van der Waals surface area contributed by atoms with Gasteiger partial charge in [-0.2, -0.15) is 0 Å². The van der Waals surface area contributed by atoms with E-state index in [1.54, 1.807) is 0 Å². The van der Waals surface area contributed by atoms with Gasteiger partial charge in [0.25, 0.3) is 0 Å². The molecule has 3 heterocycles. The minimum absolute atomic E-state index is 0. The van der Waals surface area contributed by atoms with E-state index in [1.165, 1.54) is 0 Å². The number of halogens is 1. The largest absolute Gasteiger partial charge is 0.353 e. The molecule has 7 heteroatoms. The maximum Gasteiger partial charge on any atom is 0.228 e. The second kappa shape index (κ2) is 7.45. The Labute approximate surface area is 144 Å². The molecule has 0 spiro atoms. The predicted molar refractivity (Wildman–Crippen MR) is 93.3 cm³/mol. The van der Waals surface area contributed by atoms with Crippen molar-refractivity contribution in [3.63, 3.8) is 0 Å². The molecule has 1 aromatic rings. The van der Waals surface area contributed by atoms with Gasteiger partial charge in [-0.05, 0) is 6.92 Å². The third-order valence-corrected chi connectivity index (χ3v) is 4.42. The Bertz CT molecular complexity index is 553. The second-order valence-electron chi connectivity index (χ2n) is 6.55. The Balaban J connectivity index is 0.00000192. The average molecular weight is 340 g/mol. The molecule has 1 amide bonds. The zero-order valence-corrected chi connectivity index (χ0v) is 14.9. The molecule has 0 aliphatic carbocycles. The van der Waals surface area contributed by atoms with Gasteiger partial charge in [-0.1, -0.05) is 13.8 Å². The molecule has 0 radical (unpaired) electrons. The lowest BCUT2D eigenvalue weighted by Gasteiger charge is -2.39. The molecule has 128 valence electrons. The van der Waals surface area contributed by atoms with Crippen LogP contribution in [0.5, 0.6) is 0 Å². The zero-order chi connectivity index (χ0) is 15.7. The van der Waals surface area contributed by atoms with Crippen LogP contribution in [-0.4, -0.2) is 60.0 Å². The first-order valence-electron chi connectivity index (χ1n) is 8.14. The van der Waals surface area contributed by atoms with E-state index in [4.69, 9.17) is 4.98 Å². The van der Waals surface area contributed by atoms with Crippen molar-refractivity contribution in [3.8, 4) is 0 Å². The summed E-state index contributed by atoms with van der Waals surface area (Å²) in [7, 11) is 0. The number of nitrogens with zero attached hydrogens (tertiary/aromatic N) is 4. The molecule has 0 bridgehead atoms. The third kappa shape index (κ3) is 3.93. The first-order valence-corrected chi connectivity index (χ1v) is 8.14. The molecule has 23 heavy (non-hydrogen) atoms. The van der Waals surface area contributed by atoms with Gasteiger partial charge in [0.1, 0.15) is 11.6 Å². The maximum atomic E-state index is 12.3. The van der Waals surface area contributed by atoms with Gasteiger partial charge in [0.2, 0.25) is 5.91 Å². The molecular formula is C16H26ClN5O. The molecule has 0 unspecified atom stereocenters. The van der Waals surface area contributed by atoms with Gasteiger partial charge in [0.05, 0.1) is 5.92 Å². The van der Waals surface area contributed by atoms with Crippen molar-refractivity contribution in [2.45, 2.75) is 26.7 Å². The van der Waals surface area contributed by atoms with Gasteiger partial charge in [-0.25, -0.2) is 9.97 Å². The quantitative estimate of drug-likeness (QED) is 0.896. The topological polar surface area (TPSA) is 61.4 Å². The van der Waals surface area contributed by atoms with Crippen LogP contribution in [0.4, 0.5) is 5.82 Å². The Hall–Kier alpha value is -1.40. The van der Waals surface area contributed by atoms with Crippen LogP contribution in [0.3, 0.4) is 0 Å². The third-order valence-electron chi connectivity index (χ3n) is 4.42. The van der Waals surface area contributed by atoms with Crippen molar-refractivity contribution in [2.24, 2.45) is 5.92 Å². The maximum absolute atomic E-state index is 12.3. The number of aryl methyl sites for hydroxylation is 1. The molecule has 0 atom stereocenters. The number of aromatic nitrogens is 2. The number of rotatable bonds is 3. The molecule has 1 aromatic heterocycles. The first-order chi connectivity index (χ1) is 10.5. The normalized spacial score (nSPS) is 18.6. The number of carbonyl (C=O) groups is 1. The highest BCUT2D eigenvalue weighted by atomic mass is 35.5. The fraction of sp³-hybridized carbons (Fsp3) is 0.688. The van der Waals surface area contributed by atoms with Crippen LogP contribution in [0.2, 0.25) is 0 Å². The average Bonchev–Trinajstić information content (AvgIpc) is 2.45. The van der Waals surface area contributed by atoms with E-state index >= 15 is 0 Å². The summed E-state index contributed by atoms with van der Waals surface area (Å²) in [6, 6.07) is 2.04. The van der Waals surface area contributed by atoms with Gasteiger partial charge in [-0.3, -0.25) is 4.79 Å². The van der Waals surface area contributed by atoms with Crippen molar-refractivity contribution < 1.29 is 4.79 Å². The lowest BCUT2D eigenvalue weighted by molar-refractivity contribution is -0.137. The van der Waals surface area contributed by atoms with Crippen LogP contribution >= 0.6 is 12.4 Å². The molecular weight excluding hydrogens is 314 g/mol. The summed E-state index contributed by atoms with van der Waals surface area (Å²) < 4.78 is 0. The minimum atomic E-state index is 0. The summed E-state index contributed by atoms with van der Waals surface area (Å²) in [4.78, 5) is 25.7. The van der Waals surface area contributed by atoms with Crippen molar-refractivity contribution in [3.05, 3.63) is 17.6 Å². The lowest BCUT2D eigenvalue weighted by Crippen LogP contribution is -2.56. The molecule has 0 saturated carbocycles. The van der Waals surface area contributed by atoms with Crippen LogP contribution < -0.4 is 10.2 Å². The summed E-state index contributed by atoms with van der Waals surface area (Å²) in [5.74, 6) is 2.72. The van der Waals surface area contributed by atoms with E-state index in [2.05, 4.69) is 29.0 Å². The molecule has 3 rings (SSSR count). The Morgan fingerprint density at radius 1 is 1.22 bits per heavy atom. The van der Waals surface area contributed by atoms with Gasteiger partial charge in [0.15, 0.2) is 0 Å².